The number of piperidine rings is 1. The van der Waals surface area contributed by atoms with Crippen molar-refractivity contribution in [3.8, 4) is 0 Å². The molecule has 28 heavy (non-hydrogen) atoms. The van der Waals surface area contributed by atoms with Crippen molar-refractivity contribution in [3.05, 3.63) is 22.1 Å². The number of fused-ring (bicyclic) bond motifs is 1. The topological polar surface area (TPSA) is 71.5 Å². The fourth-order valence-electron chi connectivity index (χ4n) is 3.66. The summed E-state index contributed by atoms with van der Waals surface area (Å²) >= 11 is 4.57. The number of nitrogens with one attached hydrogen (secondary N) is 1. The van der Waals surface area contributed by atoms with Crippen LogP contribution in [-0.4, -0.2) is 45.8 Å². The quantitative estimate of drug-likeness (QED) is 0.648. The molecule has 0 spiro atoms. The van der Waals surface area contributed by atoms with Gasteiger partial charge in [-0.05, 0) is 67.3 Å². The summed E-state index contributed by atoms with van der Waals surface area (Å²) in [5, 5.41) is 2.80. The summed E-state index contributed by atoms with van der Waals surface area (Å²) < 4.78 is 19.4. The lowest BCUT2D eigenvalue weighted by atomic mass is 10.0. The van der Waals surface area contributed by atoms with Crippen molar-refractivity contribution < 1.29 is 18.7 Å². The van der Waals surface area contributed by atoms with E-state index in [2.05, 4.69) is 33.2 Å². The average Bonchev–Trinajstić information content (AvgIpc) is 3.11. The van der Waals surface area contributed by atoms with Gasteiger partial charge in [-0.15, -0.1) is 0 Å². The maximum absolute atomic E-state index is 13.9. The predicted molar refractivity (Wildman–Crippen MR) is 111 cm³/mol. The maximum Gasteiger partial charge on any atom is 0.411 e. The smallest absolute Gasteiger partial charge is 0.411 e. The van der Waals surface area contributed by atoms with Crippen LogP contribution in [-0.2, 0) is 15.3 Å². The molecule has 2 aliphatic rings. The van der Waals surface area contributed by atoms with Gasteiger partial charge < -0.3 is 10.1 Å². The first-order chi connectivity index (χ1) is 12.9. The monoisotopic (exact) mass is 473 g/mol. The summed E-state index contributed by atoms with van der Waals surface area (Å²) in [7, 11) is 0. The molecule has 0 aromatic carbocycles. The van der Waals surface area contributed by atoms with E-state index in [-0.39, 0.29) is 22.0 Å². The van der Waals surface area contributed by atoms with Crippen LogP contribution in [0.3, 0.4) is 0 Å². The number of thioether (sulfide) groups is 1. The number of hydrogen-bond donors (Lipinski definition) is 1. The van der Waals surface area contributed by atoms with Crippen molar-refractivity contribution in [3.63, 3.8) is 0 Å². The first kappa shape index (κ1) is 21.4. The van der Waals surface area contributed by atoms with Gasteiger partial charge in [-0.1, -0.05) is 6.92 Å². The second-order valence-electron chi connectivity index (χ2n) is 8.67. The lowest BCUT2D eigenvalue weighted by Gasteiger charge is -2.30. The van der Waals surface area contributed by atoms with Gasteiger partial charge in [-0.3, -0.25) is 9.69 Å². The number of pyridine rings is 1. The van der Waals surface area contributed by atoms with Gasteiger partial charge in [0.05, 0.1) is 0 Å². The van der Waals surface area contributed by atoms with Crippen LogP contribution in [0.4, 0.5) is 15.0 Å². The van der Waals surface area contributed by atoms with E-state index >= 15 is 0 Å². The highest BCUT2D eigenvalue weighted by atomic mass is 79.9. The Morgan fingerprint density at radius 3 is 2.75 bits per heavy atom. The van der Waals surface area contributed by atoms with Crippen LogP contribution >= 0.6 is 27.7 Å². The van der Waals surface area contributed by atoms with Crippen molar-refractivity contribution in [2.45, 2.75) is 64.0 Å². The van der Waals surface area contributed by atoms with Crippen molar-refractivity contribution in [1.82, 2.24) is 9.88 Å². The molecule has 2 fully saturated rings. The highest BCUT2D eigenvalue weighted by molar-refractivity contribution is 9.10. The second-order valence-corrected chi connectivity index (χ2v) is 10.3. The molecule has 2 amide bonds. The number of ether oxygens (including phenoxy) is 1. The van der Waals surface area contributed by atoms with Gasteiger partial charge >= 0.3 is 6.09 Å². The maximum atomic E-state index is 13.9. The van der Waals surface area contributed by atoms with Gasteiger partial charge in [0.1, 0.15) is 22.1 Å². The molecule has 6 nitrogen and oxygen atoms in total. The molecule has 1 aromatic heterocycles. The SMILES string of the molecule is CSCc1cc(F)c(Br)nc1NC(=O)[C@@H]1C[C@@]2(C)C[C@H]2N1C(=O)OC(C)(C)C. The van der Waals surface area contributed by atoms with Crippen LogP contribution in [0.15, 0.2) is 10.7 Å². The second kappa shape index (κ2) is 7.48. The minimum absolute atomic E-state index is 0.0108. The molecular weight excluding hydrogens is 449 g/mol. The molecular formula is C19H25BrFN3O3S. The lowest BCUT2D eigenvalue weighted by Crippen LogP contribution is -2.47. The first-order valence-electron chi connectivity index (χ1n) is 9.11. The number of hydrogen-bond acceptors (Lipinski definition) is 5. The molecule has 1 saturated carbocycles. The molecule has 0 bridgehead atoms. The van der Waals surface area contributed by atoms with Crippen LogP contribution in [0, 0.1) is 11.2 Å². The standard InChI is InChI=1S/C19H25BrFN3O3S/c1-18(2,3)27-17(26)24-12(7-19(4)8-13(19)24)16(25)23-15-10(9-28-5)6-11(21)14(20)22-15/h6,12-13H,7-9H2,1-5H3,(H,22,23,25)/t12-,13+,19-/m0/s1. The minimum Gasteiger partial charge on any atom is -0.444 e. The molecule has 0 unspecified atom stereocenters. The Morgan fingerprint density at radius 2 is 2.14 bits per heavy atom. The Kier molecular flexibility index (Phi) is 5.71. The summed E-state index contributed by atoms with van der Waals surface area (Å²) in [4.78, 5) is 31.5. The van der Waals surface area contributed by atoms with Gasteiger partial charge in [-0.25, -0.2) is 14.2 Å². The number of carbonyl (C=O) groups is 2. The number of aromatic nitrogens is 1. The molecule has 2 heterocycles. The Bertz CT molecular complexity index is 816. The summed E-state index contributed by atoms with van der Waals surface area (Å²) in [6.07, 6.45) is 2.86. The molecule has 3 atom stereocenters. The Hall–Kier alpha value is -1.35. The average molecular weight is 474 g/mol. The van der Waals surface area contributed by atoms with E-state index in [0.29, 0.717) is 23.6 Å². The zero-order valence-corrected chi connectivity index (χ0v) is 19.0. The van der Waals surface area contributed by atoms with Gasteiger partial charge in [0, 0.05) is 17.4 Å². The number of anilines is 1. The van der Waals surface area contributed by atoms with Crippen molar-refractivity contribution in [2.24, 2.45) is 5.41 Å². The van der Waals surface area contributed by atoms with Gasteiger partial charge in [0.2, 0.25) is 5.91 Å². The Labute approximate surface area is 177 Å². The van der Waals surface area contributed by atoms with Gasteiger partial charge in [-0.2, -0.15) is 11.8 Å². The number of amides is 2. The molecule has 1 aromatic rings. The van der Waals surface area contributed by atoms with Crippen molar-refractivity contribution in [1.29, 1.82) is 0 Å². The van der Waals surface area contributed by atoms with E-state index < -0.39 is 23.6 Å². The molecule has 1 saturated heterocycles. The van der Waals surface area contributed by atoms with Crippen molar-refractivity contribution in [2.75, 3.05) is 11.6 Å². The number of likely N-dealkylation sites (tertiary alicyclic amines) is 1. The van der Waals surface area contributed by atoms with Crippen LogP contribution in [0.5, 0.6) is 0 Å². The minimum atomic E-state index is -0.638. The van der Waals surface area contributed by atoms with Gasteiger partial charge in [0.25, 0.3) is 0 Å². The summed E-state index contributed by atoms with van der Waals surface area (Å²) in [5.41, 5.74) is -0.0988. The van der Waals surface area contributed by atoms with E-state index in [1.165, 1.54) is 17.8 Å². The highest BCUT2D eigenvalue weighted by Crippen LogP contribution is 2.59. The van der Waals surface area contributed by atoms with E-state index in [0.717, 1.165) is 6.42 Å². The Balaban J connectivity index is 1.82. The first-order valence-corrected chi connectivity index (χ1v) is 11.3. The number of rotatable bonds is 4. The summed E-state index contributed by atoms with van der Waals surface area (Å²) in [6, 6.07) is 0.741. The summed E-state index contributed by atoms with van der Waals surface area (Å²) in [5.74, 6) is 0.00957. The number of halogens is 2. The third-order valence-electron chi connectivity index (χ3n) is 5.10. The normalized spacial score (nSPS) is 26.0. The molecule has 1 N–H and O–H groups in total. The molecule has 1 aliphatic heterocycles. The Morgan fingerprint density at radius 1 is 1.46 bits per heavy atom. The van der Waals surface area contributed by atoms with E-state index in [1.54, 1.807) is 25.7 Å². The molecule has 1 aliphatic carbocycles. The van der Waals surface area contributed by atoms with Crippen LogP contribution < -0.4 is 5.32 Å². The van der Waals surface area contributed by atoms with E-state index in [4.69, 9.17) is 4.74 Å². The molecule has 154 valence electrons. The lowest BCUT2D eigenvalue weighted by molar-refractivity contribution is -0.121. The molecule has 9 heteroatoms. The van der Waals surface area contributed by atoms with Crippen molar-refractivity contribution >= 4 is 45.5 Å². The zero-order valence-electron chi connectivity index (χ0n) is 16.6. The third kappa shape index (κ3) is 4.30. The van der Waals surface area contributed by atoms with Crippen LogP contribution in [0.2, 0.25) is 0 Å². The zero-order chi connectivity index (χ0) is 20.9. The van der Waals surface area contributed by atoms with Crippen LogP contribution in [0.1, 0.15) is 46.1 Å². The highest BCUT2D eigenvalue weighted by Gasteiger charge is 2.65. The fraction of sp³-hybridized carbons (Fsp3) is 0.632. The molecule has 0 radical (unpaired) electrons. The predicted octanol–water partition coefficient (Wildman–Crippen LogP) is 4.57. The molecule has 3 rings (SSSR count). The van der Waals surface area contributed by atoms with E-state index in [1.807, 2.05) is 6.26 Å². The van der Waals surface area contributed by atoms with E-state index in [9.17, 15) is 14.0 Å². The van der Waals surface area contributed by atoms with Crippen LogP contribution in [0.25, 0.3) is 0 Å². The number of nitrogens with zero attached hydrogens (tertiary/aromatic N) is 2. The van der Waals surface area contributed by atoms with Gasteiger partial charge in [0.15, 0.2) is 5.82 Å². The fourth-order valence-corrected chi connectivity index (χ4v) is 4.48. The summed E-state index contributed by atoms with van der Waals surface area (Å²) in [6.45, 7) is 7.48. The third-order valence-corrected chi connectivity index (χ3v) is 6.25. The number of carbonyl (C=O) groups excluding carboxylic acids is 2. The largest absolute Gasteiger partial charge is 0.444 e.